The number of amides is 1. The van der Waals surface area contributed by atoms with E-state index in [-0.39, 0.29) is 17.4 Å². The number of benzene rings is 2. The molecule has 2 aromatic carbocycles. The van der Waals surface area contributed by atoms with E-state index >= 15 is 0 Å². The van der Waals surface area contributed by atoms with Gasteiger partial charge in [0.15, 0.2) is 0 Å². The molecule has 1 amide bonds. The molecule has 3 heterocycles. The van der Waals surface area contributed by atoms with E-state index in [0.29, 0.717) is 30.3 Å². The highest BCUT2D eigenvalue weighted by molar-refractivity contribution is 6.07. The number of nitrogens with one attached hydrogen (secondary N) is 1. The topological polar surface area (TPSA) is 84.7 Å². The largest absolute Gasteiger partial charge is 0.369 e. The van der Waals surface area contributed by atoms with Crippen molar-refractivity contribution in [2.24, 2.45) is 0 Å². The second-order valence-corrected chi connectivity index (χ2v) is 8.93. The summed E-state index contributed by atoms with van der Waals surface area (Å²) in [5.74, 6) is -0.465. The summed E-state index contributed by atoms with van der Waals surface area (Å²) in [5.41, 5.74) is 1.31. The number of anilines is 1. The Kier molecular flexibility index (Phi) is 4.07. The van der Waals surface area contributed by atoms with Gasteiger partial charge >= 0.3 is 0 Å². The van der Waals surface area contributed by atoms with E-state index in [1.165, 1.54) is 5.56 Å². The molecule has 1 spiro atoms. The van der Waals surface area contributed by atoms with Gasteiger partial charge in [0.1, 0.15) is 6.61 Å². The van der Waals surface area contributed by atoms with Crippen LogP contribution in [0.1, 0.15) is 47.9 Å². The number of hydrogen-bond donors (Lipinski definition) is 1. The zero-order chi connectivity index (χ0) is 21.3. The molecule has 1 unspecified atom stereocenters. The van der Waals surface area contributed by atoms with Crippen molar-refractivity contribution >= 4 is 11.6 Å². The van der Waals surface area contributed by atoms with Crippen LogP contribution in [-0.2, 0) is 21.7 Å². The molecule has 3 atom stereocenters. The number of ether oxygens (including phenoxy) is 1. The lowest BCUT2D eigenvalue weighted by molar-refractivity contribution is -0.587. The monoisotopic (exact) mass is 407 g/mol. The number of carbonyl (C=O) groups is 1. The van der Waals surface area contributed by atoms with Gasteiger partial charge in [-0.15, -0.1) is 0 Å². The first-order valence-corrected chi connectivity index (χ1v) is 10.3. The molecule has 156 valence electrons. The van der Waals surface area contributed by atoms with Crippen LogP contribution < -0.4 is 5.32 Å². The molecule has 0 bridgehead atoms. The Bertz CT molecular complexity index is 1070. The van der Waals surface area contributed by atoms with E-state index in [1.54, 1.807) is 6.07 Å². The minimum atomic E-state index is -1.62. The Labute approximate surface area is 175 Å². The van der Waals surface area contributed by atoms with Crippen molar-refractivity contribution in [1.29, 1.82) is 0 Å². The summed E-state index contributed by atoms with van der Waals surface area (Å²) >= 11 is 0. The van der Waals surface area contributed by atoms with Crippen molar-refractivity contribution < 1.29 is 14.5 Å². The molecule has 3 aliphatic rings. The van der Waals surface area contributed by atoms with Gasteiger partial charge in [-0.1, -0.05) is 50.2 Å². The third-order valence-corrected chi connectivity index (χ3v) is 7.24. The van der Waals surface area contributed by atoms with E-state index < -0.39 is 17.0 Å². The van der Waals surface area contributed by atoms with Crippen LogP contribution in [0.4, 0.5) is 5.69 Å². The fourth-order valence-electron chi connectivity index (χ4n) is 5.83. The fourth-order valence-corrected chi connectivity index (χ4v) is 5.83. The molecular formula is C23H25N3O4. The molecule has 3 aliphatic heterocycles. The summed E-state index contributed by atoms with van der Waals surface area (Å²) in [6.45, 7) is 4.84. The first-order chi connectivity index (χ1) is 14.3. The van der Waals surface area contributed by atoms with Crippen molar-refractivity contribution in [3.05, 3.63) is 74.8 Å². The smallest absolute Gasteiger partial charge is 0.284 e. The van der Waals surface area contributed by atoms with Crippen LogP contribution in [0.15, 0.2) is 42.5 Å². The zero-order valence-corrected chi connectivity index (χ0v) is 17.3. The van der Waals surface area contributed by atoms with Gasteiger partial charge in [-0.2, -0.15) is 0 Å². The van der Waals surface area contributed by atoms with Gasteiger partial charge in [-0.25, -0.2) is 0 Å². The van der Waals surface area contributed by atoms with E-state index in [0.717, 1.165) is 11.1 Å². The third kappa shape index (κ3) is 2.14. The number of nitrogens with zero attached hydrogens (tertiary/aromatic N) is 2. The lowest BCUT2D eigenvalue weighted by atomic mass is 9.67. The Morgan fingerprint density at radius 1 is 1.27 bits per heavy atom. The van der Waals surface area contributed by atoms with E-state index in [4.69, 9.17) is 4.74 Å². The maximum Gasteiger partial charge on any atom is 0.284 e. The van der Waals surface area contributed by atoms with Crippen LogP contribution in [0, 0.1) is 10.1 Å². The average Bonchev–Trinajstić information content (AvgIpc) is 3.09. The highest BCUT2D eigenvalue weighted by atomic mass is 16.6. The van der Waals surface area contributed by atoms with Crippen LogP contribution >= 0.6 is 0 Å². The summed E-state index contributed by atoms with van der Waals surface area (Å²) in [6, 6.07) is 13.4. The quantitative estimate of drug-likeness (QED) is 0.610. The van der Waals surface area contributed by atoms with Crippen LogP contribution in [0.3, 0.4) is 0 Å². The Morgan fingerprint density at radius 2 is 2.03 bits per heavy atom. The normalized spacial score (nSPS) is 30.0. The molecule has 7 heteroatoms. The molecule has 0 radical (unpaired) electrons. The summed E-state index contributed by atoms with van der Waals surface area (Å²) in [4.78, 5) is 28.0. The fraction of sp³-hybridized carbons (Fsp3) is 0.435. The zero-order valence-electron chi connectivity index (χ0n) is 17.3. The number of carbonyl (C=O) groups excluding carboxylic acids is 1. The van der Waals surface area contributed by atoms with Gasteiger partial charge < -0.3 is 10.1 Å². The molecular weight excluding hydrogens is 382 g/mol. The van der Waals surface area contributed by atoms with Crippen LogP contribution in [0.2, 0.25) is 0 Å². The molecule has 0 saturated carbocycles. The SMILES string of the molecule is CC(C)c1ccc2c(c1)COC[C@]1([N+](=O)[O-])[C@H]2CN(C)C12C(=O)Nc1ccccc12. The summed E-state index contributed by atoms with van der Waals surface area (Å²) < 4.78 is 5.98. The standard InChI is InChI=1S/C23H25N3O4/c1-14(2)15-8-9-17-16(10-15)12-30-13-22(26(28)29)19(17)11-25(3)23(22)18-6-4-5-7-20(18)24-21(23)27/h4-10,14,19H,11-13H2,1-3H3,(H,24,27)/t19-,22-,23?/m0/s1. The van der Waals surface area contributed by atoms with Crippen molar-refractivity contribution in [3.63, 3.8) is 0 Å². The minimum Gasteiger partial charge on any atom is -0.369 e. The average molecular weight is 407 g/mol. The molecule has 5 rings (SSSR count). The van der Waals surface area contributed by atoms with Crippen molar-refractivity contribution in [2.45, 2.75) is 43.4 Å². The number of likely N-dealkylation sites (tertiary alicyclic amines) is 1. The van der Waals surface area contributed by atoms with Crippen molar-refractivity contribution in [3.8, 4) is 0 Å². The number of para-hydroxylation sites is 1. The van der Waals surface area contributed by atoms with E-state index in [2.05, 4.69) is 25.2 Å². The lowest BCUT2D eigenvalue weighted by Gasteiger charge is -2.38. The highest BCUT2D eigenvalue weighted by Crippen LogP contribution is 2.59. The van der Waals surface area contributed by atoms with Gasteiger partial charge in [-0.3, -0.25) is 19.8 Å². The van der Waals surface area contributed by atoms with Gasteiger partial charge in [0.05, 0.1) is 12.5 Å². The van der Waals surface area contributed by atoms with E-state index in [9.17, 15) is 14.9 Å². The van der Waals surface area contributed by atoms with Crippen LogP contribution in [0.5, 0.6) is 0 Å². The van der Waals surface area contributed by atoms with Crippen molar-refractivity contribution in [2.75, 3.05) is 25.5 Å². The summed E-state index contributed by atoms with van der Waals surface area (Å²) in [6.07, 6.45) is 0. The second kappa shape index (κ2) is 6.36. The maximum atomic E-state index is 13.5. The summed E-state index contributed by atoms with van der Waals surface area (Å²) in [5, 5.41) is 15.8. The molecule has 0 aromatic heterocycles. The second-order valence-electron chi connectivity index (χ2n) is 8.93. The molecule has 1 fully saturated rings. The molecule has 2 aromatic rings. The molecule has 0 aliphatic carbocycles. The number of rotatable bonds is 2. The van der Waals surface area contributed by atoms with Gasteiger partial charge in [0, 0.05) is 22.7 Å². The van der Waals surface area contributed by atoms with Gasteiger partial charge in [-0.05, 0) is 35.7 Å². The van der Waals surface area contributed by atoms with Crippen LogP contribution in [0.25, 0.3) is 0 Å². The van der Waals surface area contributed by atoms with Crippen LogP contribution in [-0.4, -0.2) is 41.5 Å². The number of fused-ring (bicyclic) bond motifs is 6. The molecule has 7 nitrogen and oxygen atoms in total. The third-order valence-electron chi connectivity index (χ3n) is 7.24. The summed E-state index contributed by atoms with van der Waals surface area (Å²) in [7, 11) is 1.81. The number of likely N-dealkylation sites (N-methyl/N-ethyl adjacent to an activating group) is 1. The molecule has 30 heavy (non-hydrogen) atoms. The Hall–Kier alpha value is -2.77. The minimum absolute atomic E-state index is 0.123. The lowest BCUT2D eigenvalue weighted by Crippen LogP contribution is -2.65. The maximum absolute atomic E-state index is 13.5. The molecule has 1 saturated heterocycles. The molecule has 1 N–H and O–H groups in total. The highest BCUT2D eigenvalue weighted by Gasteiger charge is 2.79. The predicted octanol–water partition coefficient (Wildman–Crippen LogP) is 3.23. The first kappa shape index (κ1) is 19.2. The number of nitro groups is 1. The number of hydrogen-bond acceptors (Lipinski definition) is 5. The predicted molar refractivity (Wildman–Crippen MR) is 112 cm³/mol. The van der Waals surface area contributed by atoms with Gasteiger partial charge in [0.2, 0.25) is 5.54 Å². The van der Waals surface area contributed by atoms with Crippen molar-refractivity contribution in [1.82, 2.24) is 4.90 Å². The Balaban J connectivity index is 1.78. The first-order valence-electron chi connectivity index (χ1n) is 10.3. The van der Waals surface area contributed by atoms with Gasteiger partial charge in [0.25, 0.3) is 11.4 Å². The van der Waals surface area contributed by atoms with E-state index in [1.807, 2.05) is 42.3 Å². The Morgan fingerprint density at radius 3 is 2.77 bits per heavy atom.